The second kappa shape index (κ2) is 6.83. The van der Waals surface area contributed by atoms with Gasteiger partial charge in [-0.25, -0.2) is 4.79 Å². The van der Waals surface area contributed by atoms with Crippen LogP contribution in [0.1, 0.15) is 25.3 Å². The second-order valence-corrected chi connectivity index (χ2v) is 7.33. The third kappa shape index (κ3) is 3.25. The predicted octanol–water partition coefficient (Wildman–Crippen LogP) is 2.61. The summed E-state index contributed by atoms with van der Waals surface area (Å²) in [5.74, 6) is 0.736. The number of amides is 3. The molecule has 5 heteroatoms. The van der Waals surface area contributed by atoms with Gasteiger partial charge in [0.1, 0.15) is 0 Å². The molecule has 0 bridgehead atoms. The van der Waals surface area contributed by atoms with Crippen molar-refractivity contribution in [1.29, 1.82) is 0 Å². The van der Waals surface area contributed by atoms with Crippen LogP contribution in [0.4, 0.5) is 10.5 Å². The molecule has 0 radical (unpaired) electrons. The quantitative estimate of drug-likeness (QED) is 0.795. The predicted molar refractivity (Wildman–Crippen MR) is 95.0 cm³/mol. The Morgan fingerprint density at radius 1 is 1.12 bits per heavy atom. The van der Waals surface area contributed by atoms with Crippen LogP contribution in [0, 0.1) is 11.8 Å². The maximum Gasteiger partial charge on any atom is 0.319 e. The molecule has 1 aromatic rings. The van der Waals surface area contributed by atoms with Crippen molar-refractivity contribution in [2.75, 3.05) is 38.6 Å². The smallest absolute Gasteiger partial charge is 0.319 e. The Hall–Kier alpha value is -2.04. The van der Waals surface area contributed by atoms with Crippen LogP contribution in [0.2, 0.25) is 0 Å². The highest BCUT2D eigenvalue weighted by atomic mass is 16.2. The van der Waals surface area contributed by atoms with E-state index in [9.17, 15) is 9.59 Å². The number of piperidine rings is 1. The number of fused-ring (bicyclic) bond motifs is 1. The molecule has 2 aliphatic rings. The largest absolute Gasteiger partial charge is 0.331 e. The van der Waals surface area contributed by atoms with Gasteiger partial charge in [0.05, 0.1) is 0 Å². The van der Waals surface area contributed by atoms with Crippen LogP contribution < -0.4 is 4.90 Å². The molecule has 1 saturated heterocycles. The van der Waals surface area contributed by atoms with E-state index in [1.54, 1.807) is 19.0 Å². The first-order chi connectivity index (χ1) is 11.5. The minimum absolute atomic E-state index is 0.0227. The molecule has 1 atom stereocenters. The summed E-state index contributed by atoms with van der Waals surface area (Å²) in [6.45, 7) is 4.33. The summed E-state index contributed by atoms with van der Waals surface area (Å²) in [7, 11) is 3.54. The van der Waals surface area contributed by atoms with Crippen molar-refractivity contribution in [2.45, 2.75) is 26.2 Å². The minimum Gasteiger partial charge on any atom is -0.331 e. The summed E-state index contributed by atoms with van der Waals surface area (Å²) in [6, 6.07) is 8.28. The highest BCUT2D eigenvalue weighted by Crippen LogP contribution is 2.32. The van der Waals surface area contributed by atoms with Gasteiger partial charge in [-0.2, -0.15) is 0 Å². The van der Waals surface area contributed by atoms with Crippen molar-refractivity contribution in [1.82, 2.24) is 9.80 Å². The van der Waals surface area contributed by atoms with Gasteiger partial charge >= 0.3 is 6.03 Å². The van der Waals surface area contributed by atoms with Gasteiger partial charge in [0.15, 0.2) is 0 Å². The molecule has 0 unspecified atom stereocenters. The molecule has 0 aliphatic carbocycles. The summed E-state index contributed by atoms with van der Waals surface area (Å²) in [5, 5.41) is 0. The zero-order valence-electron chi connectivity index (χ0n) is 14.9. The van der Waals surface area contributed by atoms with E-state index in [0.717, 1.165) is 31.5 Å². The zero-order valence-corrected chi connectivity index (χ0v) is 14.9. The molecule has 24 heavy (non-hydrogen) atoms. The molecule has 1 aromatic carbocycles. The number of para-hydroxylation sites is 1. The van der Waals surface area contributed by atoms with Crippen molar-refractivity contribution in [2.24, 2.45) is 11.8 Å². The van der Waals surface area contributed by atoms with Crippen LogP contribution in [0.15, 0.2) is 24.3 Å². The van der Waals surface area contributed by atoms with Gasteiger partial charge in [-0.05, 0) is 36.8 Å². The molecule has 5 nitrogen and oxygen atoms in total. The number of benzene rings is 1. The van der Waals surface area contributed by atoms with Crippen molar-refractivity contribution in [3.63, 3.8) is 0 Å². The van der Waals surface area contributed by atoms with Gasteiger partial charge in [-0.15, -0.1) is 0 Å². The summed E-state index contributed by atoms with van der Waals surface area (Å²) >= 11 is 0. The van der Waals surface area contributed by atoms with E-state index in [2.05, 4.69) is 19.1 Å². The number of anilines is 1. The Labute approximate surface area is 144 Å². The molecular weight excluding hydrogens is 302 g/mol. The van der Waals surface area contributed by atoms with E-state index in [1.807, 2.05) is 21.9 Å². The Morgan fingerprint density at radius 2 is 1.79 bits per heavy atom. The zero-order chi connectivity index (χ0) is 17.3. The number of carbonyl (C=O) groups excluding carboxylic acids is 2. The summed E-state index contributed by atoms with van der Waals surface area (Å²) < 4.78 is 0. The Bertz CT molecular complexity index is 621. The average molecular weight is 329 g/mol. The topological polar surface area (TPSA) is 43.9 Å². The van der Waals surface area contributed by atoms with E-state index >= 15 is 0 Å². The fourth-order valence-corrected chi connectivity index (χ4v) is 3.83. The second-order valence-electron chi connectivity index (χ2n) is 7.33. The van der Waals surface area contributed by atoms with Crippen molar-refractivity contribution in [3.05, 3.63) is 29.8 Å². The SMILES string of the molecule is C[C@@H]1Cc2ccccc2N(C(=O)C2CCN(C(=O)N(C)C)CC2)C1. The molecule has 2 heterocycles. The summed E-state index contributed by atoms with van der Waals surface area (Å²) in [6.07, 6.45) is 2.55. The molecule has 2 aliphatic heterocycles. The number of rotatable bonds is 1. The van der Waals surface area contributed by atoms with Crippen molar-refractivity contribution < 1.29 is 9.59 Å². The Kier molecular flexibility index (Phi) is 4.78. The molecule has 3 amide bonds. The van der Waals surface area contributed by atoms with E-state index < -0.39 is 0 Å². The highest BCUT2D eigenvalue weighted by molar-refractivity contribution is 5.96. The molecule has 3 rings (SSSR count). The van der Waals surface area contributed by atoms with E-state index in [0.29, 0.717) is 19.0 Å². The number of nitrogens with zero attached hydrogens (tertiary/aromatic N) is 3. The van der Waals surface area contributed by atoms with Crippen molar-refractivity contribution >= 4 is 17.6 Å². The number of hydrogen-bond donors (Lipinski definition) is 0. The van der Waals surface area contributed by atoms with Gasteiger partial charge in [-0.3, -0.25) is 4.79 Å². The maximum atomic E-state index is 13.1. The van der Waals surface area contributed by atoms with E-state index in [-0.39, 0.29) is 17.9 Å². The summed E-state index contributed by atoms with van der Waals surface area (Å²) in [5.41, 5.74) is 2.34. The van der Waals surface area contributed by atoms with Gasteiger partial charge < -0.3 is 14.7 Å². The normalized spacial score (nSPS) is 21.4. The van der Waals surface area contributed by atoms with Crippen LogP contribution in [0.5, 0.6) is 0 Å². The standard InChI is InChI=1S/C19H27N3O2/c1-14-12-16-6-4-5-7-17(16)22(13-14)18(23)15-8-10-21(11-9-15)19(24)20(2)3/h4-7,14-15H,8-13H2,1-3H3/t14-/m1/s1. The number of hydrogen-bond acceptors (Lipinski definition) is 2. The van der Waals surface area contributed by atoms with Crippen LogP contribution in [0.25, 0.3) is 0 Å². The van der Waals surface area contributed by atoms with Crippen LogP contribution in [-0.2, 0) is 11.2 Å². The molecule has 0 aromatic heterocycles. The minimum atomic E-state index is 0.0227. The van der Waals surface area contributed by atoms with E-state index in [4.69, 9.17) is 0 Å². The average Bonchev–Trinajstić information content (AvgIpc) is 2.59. The van der Waals surface area contributed by atoms with Gasteiger partial charge in [0.25, 0.3) is 0 Å². The Balaban J connectivity index is 1.69. The molecule has 1 fully saturated rings. The fraction of sp³-hybridized carbons (Fsp3) is 0.579. The lowest BCUT2D eigenvalue weighted by Crippen LogP contribution is -2.48. The number of carbonyl (C=O) groups is 2. The van der Waals surface area contributed by atoms with Crippen LogP contribution in [0.3, 0.4) is 0 Å². The molecule has 0 N–H and O–H groups in total. The van der Waals surface area contributed by atoms with Gasteiger partial charge in [0.2, 0.25) is 5.91 Å². The first-order valence-electron chi connectivity index (χ1n) is 8.83. The third-order valence-electron chi connectivity index (χ3n) is 5.11. The number of likely N-dealkylation sites (tertiary alicyclic amines) is 1. The number of urea groups is 1. The lowest BCUT2D eigenvalue weighted by molar-refractivity contribution is -0.123. The summed E-state index contributed by atoms with van der Waals surface area (Å²) in [4.78, 5) is 30.6. The fourth-order valence-electron chi connectivity index (χ4n) is 3.83. The van der Waals surface area contributed by atoms with Gasteiger partial charge in [-0.1, -0.05) is 25.1 Å². The monoisotopic (exact) mass is 329 g/mol. The van der Waals surface area contributed by atoms with E-state index in [1.165, 1.54) is 5.56 Å². The third-order valence-corrected chi connectivity index (χ3v) is 5.11. The van der Waals surface area contributed by atoms with Crippen molar-refractivity contribution in [3.8, 4) is 0 Å². The highest BCUT2D eigenvalue weighted by Gasteiger charge is 2.34. The lowest BCUT2D eigenvalue weighted by atomic mass is 9.90. The Morgan fingerprint density at radius 3 is 2.46 bits per heavy atom. The van der Waals surface area contributed by atoms with Gasteiger partial charge in [0, 0.05) is 45.3 Å². The lowest BCUT2D eigenvalue weighted by Gasteiger charge is -2.38. The molecule has 130 valence electrons. The molecular formula is C19H27N3O2. The van der Waals surface area contributed by atoms with Crippen LogP contribution in [-0.4, -0.2) is 55.5 Å². The first-order valence-corrected chi connectivity index (χ1v) is 8.83. The van der Waals surface area contributed by atoms with Crippen LogP contribution >= 0.6 is 0 Å². The molecule has 0 spiro atoms. The molecule has 0 saturated carbocycles. The first kappa shape index (κ1) is 16.8. The maximum absolute atomic E-state index is 13.1.